The number of unbranched alkanes of at least 4 members (excludes halogenated alkanes) is 26. The number of carbonyl (C=O) groups is 3. The lowest BCUT2D eigenvalue weighted by atomic mass is 10.1. The van der Waals surface area contributed by atoms with Crippen molar-refractivity contribution < 1.29 is 28.6 Å². The van der Waals surface area contributed by atoms with Crippen LogP contribution >= 0.6 is 0 Å². The predicted molar refractivity (Wildman–Crippen MR) is 334 cm³/mol. The highest BCUT2D eigenvalue weighted by Gasteiger charge is 2.19. The predicted octanol–water partition coefficient (Wildman–Crippen LogP) is 22.0. The van der Waals surface area contributed by atoms with Crippen molar-refractivity contribution in [1.82, 2.24) is 0 Å². The molecule has 6 nitrogen and oxygen atoms in total. The fourth-order valence-electron chi connectivity index (χ4n) is 8.63. The average Bonchev–Trinajstić information content (AvgIpc) is 3.43. The van der Waals surface area contributed by atoms with Crippen molar-refractivity contribution in [2.45, 2.75) is 297 Å². The highest BCUT2D eigenvalue weighted by molar-refractivity contribution is 5.71. The molecule has 0 aliphatic carbocycles. The van der Waals surface area contributed by atoms with Crippen LogP contribution in [0.5, 0.6) is 0 Å². The van der Waals surface area contributed by atoms with Crippen LogP contribution in [0.3, 0.4) is 0 Å². The van der Waals surface area contributed by atoms with Gasteiger partial charge in [-0.15, -0.1) is 0 Å². The molecule has 6 heteroatoms. The lowest BCUT2D eigenvalue weighted by Crippen LogP contribution is -2.30. The van der Waals surface area contributed by atoms with Gasteiger partial charge in [0.15, 0.2) is 6.10 Å². The molecule has 0 fully saturated rings. The summed E-state index contributed by atoms with van der Waals surface area (Å²) >= 11 is 0. The molecule has 0 heterocycles. The van der Waals surface area contributed by atoms with Crippen LogP contribution in [0.2, 0.25) is 0 Å². The Kier molecular flexibility index (Phi) is 60.8. The number of rotatable bonds is 57. The van der Waals surface area contributed by atoms with Gasteiger partial charge in [0.05, 0.1) is 0 Å². The molecule has 0 spiro atoms. The van der Waals surface area contributed by atoms with Gasteiger partial charge in [0, 0.05) is 19.3 Å². The first kappa shape index (κ1) is 72.8. The molecule has 0 aliphatic heterocycles. The third-order valence-electron chi connectivity index (χ3n) is 13.4. The minimum atomic E-state index is -0.814. The summed E-state index contributed by atoms with van der Waals surface area (Å²) in [5, 5.41) is 0. The Morgan fingerprint density at radius 1 is 0.273 bits per heavy atom. The van der Waals surface area contributed by atoms with Crippen LogP contribution in [0.25, 0.3) is 0 Å². The maximum Gasteiger partial charge on any atom is 0.306 e. The van der Waals surface area contributed by atoms with E-state index in [2.05, 4.69) is 142 Å². The number of carbonyl (C=O) groups excluding carboxylic acids is 3. The number of ether oxygens (including phenoxy) is 3. The number of allylic oxidation sites excluding steroid dienone is 20. The average molecular weight is 1070 g/mol. The molecule has 0 saturated heterocycles. The van der Waals surface area contributed by atoms with Crippen LogP contribution in [0, 0.1) is 0 Å². The fourth-order valence-corrected chi connectivity index (χ4v) is 8.63. The van der Waals surface area contributed by atoms with E-state index in [9.17, 15) is 14.4 Å². The topological polar surface area (TPSA) is 78.9 Å². The van der Waals surface area contributed by atoms with Crippen molar-refractivity contribution in [2.24, 2.45) is 0 Å². The molecule has 0 saturated carbocycles. The van der Waals surface area contributed by atoms with E-state index in [1.165, 1.54) is 135 Å². The zero-order valence-corrected chi connectivity index (χ0v) is 50.2. The number of hydrogen-bond acceptors (Lipinski definition) is 6. The minimum Gasteiger partial charge on any atom is -0.462 e. The van der Waals surface area contributed by atoms with Gasteiger partial charge in [-0.25, -0.2) is 0 Å². The third-order valence-corrected chi connectivity index (χ3v) is 13.4. The van der Waals surface area contributed by atoms with E-state index in [0.717, 1.165) is 109 Å². The van der Waals surface area contributed by atoms with E-state index in [4.69, 9.17) is 14.2 Å². The summed E-state index contributed by atoms with van der Waals surface area (Å²) in [4.78, 5) is 38.3. The molecule has 0 N–H and O–H groups in total. The Balaban J connectivity index is 4.49. The maximum absolute atomic E-state index is 12.9. The molecule has 0 aromatic carbocycles. The lowest BCUT2D eigenvalue weighted by molar-refractivity contribution is -0.167. The first-order valence-electron chi connectivity index (χ1n) is 32.0. The Labute approximate surface area is 475 Å². The van der Waals surface area contributed by atoms with Crippen molar-refractivity contribution in [3.05, 3.63) is 122 Å². The van der Waals surface area contributed by atoms with Gasteiger partial charge in [-0.1, -0.05) is 264 Å². The Bertz CT molecular complexity index is 1600. The summed E-state index contributed by atoms with van der Waals surface area (Å²) in [6.45, 7) is 6.46. The van der Waals surface area contributed by atoms with E-state index in [-0.39, 0.29) is 37.5 Å². The Morgan fingerprint density at radius 3 is 0.844 bits per heavy atom. The quantitative estimate of drug-likeness (QED) is 0.0261. The van der Waals surface area contributed by atoms with Crippen LogP contribution in [-0.4, -0.2) is 37.2 Å². The lowest BCUT2D eigenvalue weighted by Gasteiger charge is -2.18. The second kappa shape index (κ2) is 64.3. The van der Waals surface area contributed by atoms with Crippen LogP contribution in [-0.2, 0) is 28.6 Å². The van der Waals surface area contributed by atoms with Crippen LogP contribution in [0.1, 0.15) is 290 Å². The van der Waals surface area contributed by atoms with Gasteiger partial charge in [0.25, 0.3) is 0 Å². The van der Waals surface area contributed by atoms with Crippen LogP contribution in [0.4, 0.5) is 0 Å². The molecule has 1 atom stereocenters. The van der Waals surface area contributed by atoms with Crippen LogP contribution < -0.4 is 0 Å². The van der Waals surface area contributed by atoms with Gasteiger partial charge in [0.1, 0.15) is 13.2 Å². The molecular formula is C71H118O6. The SMILES string of the molecule is CC/C=C\C/C=C\C/C=C\C/C=C\C/C=C\CCCC(=O)OCC(COC(=O)CCCCCCCC/C=C\C/C=C\C/C=C\CCCCCCC)OC(=O)CCCCCCCCCCC/C=C\C/C=C\CCCCCCC. The monoisotopic (exact) mass is 1070 g/mol. The number of esters is 3. The normalized spacial score (nSPS) is 12.9. The Hall–Kier alpha value is -4.19. The molecule has 0 amide bonds. The van der Waals surface area contributed by atoms with Gasteiger partial charge in [-0.2, -0.15) is 0 Å². The van der Waals surface area contributed by atoms with Gasteiger partial charge in [-0.05, 0) is 128 Å². The molecule has 0 aliphatic rings. The van der Waals surface area contributed by atoms with E-state index >= 15 is 0 Å². The zero-order valence-electron chi connectivity index (χ0n) is 50.2. The summed E-state index contributed by atoms with van der Waals surface area (Å²) in [5.41, 5.74) is 0. The smallest absolute Gasteiger partial charge is 0.306 e. The second-order valence-corrected chi connectivity index (χ2v) is 20.9. The van der Waals surface area contributed by atoms with Gasteiger partial charge in [-0.3, -0.25) is 14.4 Å². The van der Waals surface area contributed by atoms with Gasteiger partial charge >= 0.3 is 17.9 Å². The first-order chi connectivity index (χ1) is 38.0. The highest BCUT2D eigenvalue weighted by Crippen LogP contribution is 2.15. The summed E-state index contributed by atoms with van der Waals surface area (Å²) in [5.74, 6) is -0.979. The first-order valence-corrected chi connectivity index (χ1v) is 32.0. The highest BCUT2D eigenvalue weighted by atomic mass is 16.6. The van der Waals surface area contributed by atoms with Crippen molar-refractivity contribution in [1.29, 1.82) is 0 Å². The van der Waals surface area contributed by atoms with E-state index in [1.807, 2.05) is 0 Å². The molecular weight excluding hydrogens is 949 g/mol. The molecule has 0 radical (unpaired) electrons. The summed E-state index contributed by atoms with van der Waals surface area (Å²) in [6.07, 6.45) is 89.2. The molecule has 1 unspecified atom stereocenters. The molecule has 0 aromatic heterocycles. The van der Waals surface area contributed by atoms with Gasteiger partial charge in [0.2, 0.25) is 0 Å². The Morgan fingerprint density at radius 2 is 0.519 bits per heavy atom. The summed E-state index contributed by atoms with van der Waals surface area (Å²) in [7, 11) is 0. The molecule has 0 rings (SSSR count). The van der Waals surface area contributed by atoms with Crippen molar-refractivity contribution >= 4 is 17.9 Å². The molecule has 77 heavy (non-hydrogen) atoms. The van der Waals surface area contributed by atoms with E-state index in [0.29, 0.717) is 19.3 Å². The van der Waals surface area contributed by atoms with E-state index < -0.39 is 6.10 Å². The largest absolute Gasteiger partial charge is 0.462 e. The van der Waals surface area contributed by atoms with Crippen LogP contribution in [0.15, 0.2) is 122 Å². The fraction of sp³-hybridized carbons (Fsp3) is 0.676. The van der Waals surface area contributed by atoms with E-state index in [1.54, 1.807) is 0 Å². The molecule has 0 bridgehead atoms. The van der Waals surface area contributed by atoms with Gasteiger partial charge < -0.3 is 14.2 Å². The number of hydrogen-bond donors (Lipinski definition) is 0. The molecule has 0 aromatic rings. The van der Waals surface area contributed by atoms with Crippen molar-refractivity contribution in [3.8, 4) is 0 Å². The van der Waals surface area contributed by atoms with Crippen molar-refractivity contribution in [2.75, 3.05) is 13.2 Å². The third kappa shape index (κ3) is 62.5. The maximum atomic E-state index is 12.9. The second-order valence-electron chi connectivity index (χ2n) is 20.9. The van der Waals surface area contributed by atoms with Crippen molar-refractivity contribution in [3.63, 3.8) is 0 Å². The summed E-state index contributed by atoms with van der Waals surface area (Å²) in [6, 6.07) is 0. The molecule has 438 valence electrons. The standard InChI is InChI=1S/C71H118O6/c1-4-7-10-13-16-19-22-25-28-31-33-35-37-40-43-46-49-52-55-58-61-64-70(73)76-67-68(66-75-69(72)63-60-57-54-51-48-45-42-39-30-27-24-21-18-15-12-9-6-3)77-71(74)65-62-59-56-53-50-47-44-41-38-36-34-32-29-26-23-20-17-14-11-8-5-2/h9,12,18,21-23,25-27,30-34,37,40,42,45,51,54,68H,4-8,10-11,13-17,19-20,24,28-29,35-36,38-39,41,43-44,46-50,52-53,55-67H2,1-3H3/b12-9-,21-18-,25-22-,26-23-,30-27-,33-31-,34-32-,40-37-,45-42-,54-51-. The minimum absolute atomic E-state index is 0.107. The summed E-state index contributed by atoms with van der Waals surface area (Å²) < 4.78 is 16.9. The zero-order chi connectivity index (χ0) is 55.7.